The number of carbonyl (C=O) groups excluding carboxylic acids is 2. The van der Waals surface area contributed by atoms with E-state index in [-0.39, 0.29) is 42.0 Å². The highest BCUT2D eigenvalue weighted by molar-refractivity contribution is 7.89. The van der Waals surface area contributed by atoms with Gasteiger partial charge in [-0.05, 0) is 73.7 Å². The van der Waals surface area contributed by atoms with Crippen LogP contribution in [0.2, 0.25) is 5.02 Å². The number of sulfonamides is 1. The van der Waals surface area contributed by atoms with E-state index in [4.69, 9.17) is 11.6 Å². The number of nitrogens with one attached hydrogen (secondary N) is 3. The molecule has 0 aliphatic carbocycles. The largest absolute Gasteiger partial charge is 0.350 e. The fourth-order valence-electron chi connectivity index (χ4n) is 5.46. The Morgan fingerprint density at radius 2 is 1.79 bits per heavy atom. The predicted molar refractivity (Wildman–Crippen MR) is 169 cm³/mol. The van der Waals surface area contributed by atoms with Crippen molar-refractivity contribution in [1.82, 2.24) is 20.3 Å². The van der Waals surface area contributed by atoms with Crippen LogP contribution < -0.4 is 15.4 Å². The predicted octanol–water partition coefficient (Wildman–Crippen LogP) is 4.69. The van der Waals surface area contributed by atoms with E-state index in [2.05, 4.69) is 34.4 Å². The Kier molecular flexibility index (Phi) is 11.0. The van der Waals surface area contributed by atoms with Crippen LogP contribution in [0, 0.1) is 0 Å². The lowest BCUT2D eigenvalue weighted by Crippen LogP contribution is -2.50. The Morgan fingerprint density at radius 1 is 1.07 bits per heavy atom. The standard InChI is InChI=1S/C32H41ClN4O4S/c1-4-23(24-8-6-5-7-9-24)21-37-16-14-29(35-30(32(37)39)15-17-42(40,41)36-22(2)3)20-34-31(38)27-11-10-26-19-28(33)13-12-25(26)18-27/h5-13,18-19,22-23,29-30,35-36H,4,14-17,20-21H2,1-3H3,(H,34,38)/t23-,29+,30+/m1/s1. The first-order valence-electron chi connectivity index (χ1n) is 14.6. The summed E-state index contributed by atoms with van der Waals surface area (Å²) in [5, 5.41) is 8.90. The SMILES string of the molecule is CC[C@H](CN1CC[C@@H](CNC(=O)c2ccc3cc(Cl)ccc3c2)N[C@@H](CCS(=O)(=O)NC(C)C)C1=O)c1ccccc1. The van der Waals surface area contributed by atoms with Crippen molar-refractivity contribution in [3.63, 3.8) is 0 Å². The maximum Gasteiger partial charge on any atom is 0.251 e. The van der Waals surface area contributed by atoms with Gasteiger partial charge in [-0.1, -0.05) is 61.0 Å². The summed E-state index contributed by atoms with van der Waals surface area (Å²) in [5.41, 5.74) is 1.71. The summed E-state index contributed by atoms with van der Waals surface area (Å²) in [6.07, 6.45) is 1.63. The zero-order chi connectivity index (χ0) is 30.3. The van der Waals surface area contributed by atoms with Crippen LogP contribution in [0.25, 0.3) is 10.8 Å². The maximum atomic E-state index is 13.8. The van der Waals surface area contributed by atoms with Gasteiger partial charge in [0.05, 0.1) is 11.8 Å². The first-order valence-corrected chi connectivity index (χ1v) is 16.6. The lowest BCUT2D eigenvalue weighted by molar-refractivity contribution is -0.133. The second-order valence-corrected chi connectivity index (χ2v) is 13.6. The van der Waals surface area contributed by atoms with Crippen LogP contribution in [0.5, 0.6) is 0 Å². The first-order chi connectivity index (χ1) is 20.0. The first kappa shape index (κ1) is 31.9. The number of nitrogens with zero attached hydrogens (tertiary/aromatic N) is 1. The van der Waals surface area contributed by atoms with E-state index in [1.54, 1.807) is 26.0 Å². The van der Waals surface area contributed by atoms with E-state index >= 15 is 0 Å². The van der Waals surface area contributed by atoms with Gasteiger partial charge in [-0.2, -0.15) is 0 Å². The van der Waals surface area contributed by atoms with Gasteiger partial charge in [0.25, 0.3) is 5.91 Å². The van der Waals surface area contributed by atoms with Gasteiger partial charge in [-0.15, -0.1) is 0 Å². The Morgan fingerprint density at radius 3 is 2.50 bits per heavy atom. The molecule has 1 aliphatic heterocycles. The van der Waals surface area contributed by atoms with Crippen LogP contribution in [0.15, 0.2) is 66.7 Å². The number of benzene rings is 3. The fourth-order valence-corrected chi connectivity index (χ4v) is 7.02. The summed E-state index contributed by atoms with van der Waals surface area (Å²) >= 11 is 6.09. The lowest BCUT2D eigenvalue weighted by Gasteiger charge is -2.28. The van der Waals surface area contributed by atoms with Crippen LogP contribution in [0.3, 0.4) is 0 Å². The van der Waals surface area contributed by atoms with Crippen molar-refractivity contribution in [1.29, 1.82) is 0 Å². The van der Waals surface area contributed by atoms with Gasteiger partial charge in [0.1, 0.15) is 0 Å². The molecule has 3 N–H and O–H groups in total. The van der Waals surface area contributed by atoms with Crippen LogP contribution in [0.1, 0.15) is 61.9 Å². The van der Waals surface area contributed by atoms with Gasteiger partial charge in [0, 0.05) is 48.2 Å². The molecule has 3 aromatic carbocycles. The van der Waals surface area contributed by atoms with Gasteiger partial charge in [-0.3, -0.25) is 9.59 Å². The van der Waals surface area contributed by atoms with Gasteiger partial charge in [0.2, 0.25) is 15.9 Å². The second kappa shape index (κ2) is 14.5. The third-order valence-electron chi connectivity index (χ3n) is 7.66. The van der Waals surface area contributed by atoms with Gasteiger partial charge >= 0.3 is 0 Å². The number of carbonyl (C=O) groups is 2. The molecule has 0 aromatic heterocycles. The molecule has 0 unspecified atom stereocenters. The third-order valence-corrected chi connectivity index (χ3v) is 9.50. The normalized spacial score (nSPS) is 18.7. The molecule has 1 heterocycles. The average molecular weight is 613 g/mol. The minimum Gasteiger partial charge on any atom is -0.350 e. The molecule has 1 fully saturated rings. The summed E-state index contributed by atoms with van der Waals surface area (Å²) < 4.78 is 27.8. The molecular weight excluding hydrogens is 572 g/mol. The number of fused-ring (bicyclic) bond motifs is 1. The highest BCUT2D eigenvalue weighted by atomic mass is 35.5. The molecule has 0 saturated carbocycles. The molecular formula is C32H41ClN4O4S. The highest BCUT2D eigenvalue weighted by Crippen LogP contribution is 2.23. The van der Waals surface area contributed by atoms with Crippen LogP contribution >= 0.6 is 11.6 Å². The number of amides is 2. The molecule has 2 amide bonds. The van der Waals surface area contributed by atoms with E-state index in [9.17, 15) is 18.0 Å². The highest BCUT2D eigenvalue weighted by Gasteiger charge is 2.33. The number of rotatable bonds is 12. The Bertz CT molecular complexity index is 1480. The average Bonchev–Trinajstić information content (AvgIpc) is 3.11. The van der Waals surface area contributed by atoms with E-state index in [0.29, 0.717) is 36.6 Å². The number of hydrogen-bond acceptors (Lipinski definition) is 5. The zero-order valence-corrected chi connectivity index (χ0v) is 26.0. The molecule has 3 aromatic rings. The van der Waals surface area contributed by atoms with Crippen molar-refractivity contribution >= 4 is 44.2 Å². The molecule has 0 spiro atoms. The van der Waals surface area contributed by atoms with Crippen molar-refractivity contribution in [2.45, 2.75) is 64.1 Å². The van der Waals surface area contributed by atoms with Gasteiger partial charge in [0.15, 0.2) is 0 Å². The molecule has 226 valence electrons. The molecule has 1 aliphatic rings. The van der Waals surface area contributed by atoms with Crippen molar-refractivity contribution in [3.8, 4) is 0 Å². The minimum atomic E-state index is -3.54. The zero-order valence-electron chi connectivity index (χ0n) is 24.5. The van der Waals surface area contributed by atoms with E-state index in [1.165, 1.54) is 5.56 Å². The molecule has 1 saturated heterocycles. The van der Waals surface area contributed by atoms with E-state index < -0.39 is 16.1 Å². The summed E-state index contributed by atoms with van der Waals surface area (Å²) in [5.74, 6) is -0.317. The molecule has 0 radical (unpaired) electrons. The number of hydrogen-bond donors (Lipinski definition) is 3. The minimum absolute atomic E-state index is 0.105. The van der Waals surface area contributed by atoms with Crippen molar-refractivity contribution in [2.24, 2.45) is 0 Å². The van der Waals surface area contributed by atoms with Gasteiger partial charge < -0.3 is 15.5 Å². The van der Waals surface area contributed by atoms with E-state index in [0.717, 1.165) is 17.2 Å². The fraction of sp³-hybridized carbons (Fsp3) is 0.438. The summed E-state index contributed by atoms with van der Waals surface area (Å²) in [6, 6.07) is 20.0. The summed E-state index contributed by atoms with van der Waals surface area (Å²) in [4.78, 5) is 28.7. The van der Waals surface area contributed by atoms with Crippen molar-refractivity contribution < 1.29 is 18.0 Å². The molecule has 42 heavy (non-hydrogen) atoms. The molecule has 10 heteroatoms. The van der Waals surface area contributed by atoms with Crippen molar-refractivity contribution in [2.75, 3.05) is 25.4 Å². The second-order valence-electron chi connectivity index (χ2n) is 11.3. The quantitative estimate of drug-likeness (QED) is 0.275. The van der Waals surface area contributed by atoms with Crippen LogP contribution in [-0.4, -0.2) is 68.6 Å². The Labute approximate surface area is 254 Å². The maximum absolute atomic E-state index is 13.8. The third kappa shape index (κ3) is 8.77. The van der Waals surface area contributed by atoms with Crippen LogP contribution in [-0.2, 0) is 14.8 Å². The molecule has 4 rings (SSSR count). The van der Waals surface area contributed by atoms with Crippen LogP contribution in [0.4, 0.5) is 0 Å². The Hall–Kier alpha value is -2.98. The molecule has 3 atom stereocenters. The topological polar surface area (TPSA) is 108 Å². The van der Waals surface area contributed by atoms with E-state index in [1.807, 2.05) is 47.4 Å². The Balaban J connectivity index is 1.47. The summed E-state index contributed by atoms with van der Waals surface area (Å²) in [7, 11) is -3.54. The monoisotopic (exact) mass is 612 g/mol. The van der Waals surface area contributed by atoms with Crippen molar-refractivity contribution in [3.05, 3.63) is 82.9 Å². The molecule has 8 nitrogen and oxygen atoms in total. The summed E-state index contributed by atoms with van der Waals surface area (Å²) in [6.45, 7) is 7.02. The van der Waals surface area contributed by atoms with Gasteiger partial charge in [-0.25, -0.2) is 13.1 Å². The molecule has 0 bridgehead atoms. The smallest absolute Gasteiger partial charge is 0.251 e. The lowest BCUT2D eigenvalue weighted by atomic mass is 9.95. The number of halogens is 1.